The van der Waals surface area contributed by atoms with Crippen molar-refractivity contribution < 1.29 is 4.79 Å². The molecule has 166 valence electrons. The number of carbonyl (C=O) groups excluding carboxylic acids is 1. The highest BCUT2D eigenvalue weighted by Crippen LogP contribution is 2.26. The van der Waals surface area contributed by atoms with Crippen molar-refractivity contribution in [3.8, 4) is 0 Å². The molecule has 1 amide bonds. The quantitative estimate of drug-likeness (QED) is 0.358. The van der Waals surface area contributed by atoms with Crippen LogP contribution in [0, 0.1) is 0 Å². The minimum atomic E-state index is 0.0178. The maximum Gasteiger partial charge on any atom is 0.251 e. The van der Waals surface area contributed by atoms with E-state index in [0.717, 1.165) is 41.4 Å². The third-order valence-electron chi connectivity index (χ3n) is 5.71. The van der Waals surface area contributed by atoms with E-state index in [2.05, 4.69) is 56.5 Å². The van der Waals surface area contributed by atoms with Gasteiger partial charge in [-0.3, -0.25) is 4.79 Å². The molecule has 6 heteroatoms. The van der Waals surface area contributed by atoms with Gasteiger partial charge in [0.15, 0.2) is 5.16 Å². The van der Waals surface area contributed by atoms with Crippen LogP contribution < -0.4 is 5.32 Å². The third kappa shape index (κ3) is 5.52. The molecule has 0 aliphatic heterocycles. The number of carbonyl (C=O) groups is 1. The van der Waals surface area contributed by atoms with Crippen molar-refractivity contribution in [1.82, 2.24) is 20.1 Å². The van der Waals surface area contributed by atoms with Crippen LogP contribution in [0.15, 0.2) is 90.1 Å². The number of amides is 1. The molecular formula is C27H26N4OS. The topological polar surface area (TPSA) is 59.8 Å². The monoisotopic (exact) mass is 454 g/mol. The SMILES string of the molecule is O=C(NC1CC1)c1ccccc1CSc1nnc(Cc2ccccc2)n1Cc1ccccc1. The fraction of sp³-hybridized carbons (Fsp3) is 0.222. The largest absolute Gasteiger partial charge is 0.349 e. The smallest absolute Gasteiger partial charge is 0.251 e. The van der Waals surface area contributed by atoms with Crippen LogP contribution in [-0.4, -0.2) is 26.7 Å². The molecule has 5 rings (SSSR count). The first-order valence-corrected chi connectivity index (χ1v) is 12.3. The Hall–Kier alpha value is -3.38. The maximum absolute atomic E-state index is 12.7. The van der Waals surface area contributed by atoms with Crippen molar-refractivity contribution in [3.63, 3.8) is 0 Å². The highest BCUT2D eigenvalue weighted by molar-refractivity contribution is 7.98. The van der Waals surface area contributed by atoms with E-state index in [0.29, 0.717) is 18.3 Å². The molecule has 0 atom stereocenters. The summed E-state index contributed by atoms with van der Waals surface area (Å²) in [7, 11) is 0. The molecule has 33 heavy (non-hydrogen) atoms. The summed E-state index contributed by atoms with van der Waals surface area (Å²) in [6.07, 6.45) is 2.88. The van der Waals surface area contributed by atoms with Gasteiger partial charge in [-0.25, -0.2) is 0 Å². The van der Waals surface area contributed by atoms with E-state index < -0.39 is 0 Å². The minimum Gasteiger partial charge on any atom is -0.349 e. The standard InChI is InChI=1S/C27H26N4OS/c32-26(28-23-15-16-23)24-14-8-7-13-22(24)19-33-27-30-29-25(17-20-9-3-1-4-10-20)31(27)18-21-11-5-2-6-12-21/h1-14,23H,15-19H2,(H,28,32). The number of thioether (sulfide) groups is 1. The van der Waals surface area contributed by atoms with Gasteiger partial charge in [0.25, 0.3) is 5.91 Å². The molecule has 0 spiro atoms. The Morgan fingerprint density at radius 2 is 1.55 bits per heavy atom. The van der Waals surface area contributed by atoms with Gasteiger partial charge < -0.3 is 9.88 Å². The summed E-state index contributed by atoms with van der Waals surface area (Å²) in [6, 6.07) is 28.9. The number of nitrogens with one attached hydrogen (secondary N) is 1. The predicted molar refractivity (Wildman–Crippen MR) is 131 cm³/mol. The molecule has 5 nitrogen and oxygen atoms in total. The first kappa shape index (κ1) is 21.5. The Morgan fingerprint density at radius 1 is 0.879 bits per heavy atom. The molecule has 1 saturated carbocycles. The maximum atomic E-state index is 12.7. The highest BCUT2D eigenvalue weighted by Gasteiger charge is 2.25. The van der Waals surface area contributed by atoms with Crippen LogP contribution in [0.3, 0.4) is 0 Å². The molecule has 1 aromatic heterocycles. The van der Waals surface area contributed by atoms with Gasteiger partial charge in [0.1, 0.15) is 5.82 Å². The van der Waals surface area contributed by atoms with Gasteiger partial charge >= 0.3 is 0 Å². The number of hydrogen-bond donors (Lipinski definition) is 1. The molecule has 3 aromatic carbocycles. The summed E-state index contributed by atoms with van der Waals surface area (Å²) in [4.78, 5) is 12.7. The van der Waals surface area contributed by atoms with Crippen molar-refractivity contribution in [1.29, 1.82) is 0 Å². The summed E-state index contributed by atoms with van der Waals surface area (Å²) < 4.78 is 2.19. The lowest BCUT2D eigenvalue weighted by atomic mass is 10.1. The van der Waals surface area contributed by atoms with Gasteiger partial charge in [-0.15, -0.1) is 10.2 Å². The average molecular weight is 455 g/mol. The third-order valence-corrected chi connectivity index (χ3v) is 6.73. The zero-order chi connectivity index (χ0) is 22.5. The zero-order valence-corrected chi connectivity index (χ0v) is 19.2. The van der Waals surface area contributed by atoms with Gasteiger partial charge in [-0.2, -0.15) is 0 Å². The molecule has 1 fully saturated rings. The highest BCUT2D eigenvalue weighted by atomic mass is 32.2. The number of hydrogen-bond acceptors (Lipinski definition) is 4. The first-order valence-electron chi connectivity index (χ1n) is 11.3. The van der Waals surface area contributed by atoms with Crippen molar-refractivity contribution >= 4 is 17.7 Å². The molecule has 1 aliphatic carbocycles. The minimum absolute atomic E-state index is 0.0178. The molecular weight excluding hydrogens is 428 g/mol. The summed E-state index contributed by atoms with van der Waals surface area (Å²) >= 11 is 1.63. The Labute approximate surface area is 198 Å². The van der Waals surface area contributed by atoms with Gasteiger partial charge in [-0.1, -0.05) is 90.6 Å². The average Bonchev–Trinajstić information content (AvgIpc) is 3.60. The van der Waals surface area contributed by atoms with Gasteiger partial charge in [0, 0.05) is 23.8 Å². The van der Waals surface area contributed by atoms with Crippen LogP contribution in [0.4, 0.5) is 0 Å². The van der Waals surface area contributed by atoms with Crippen LogP contribution in [0.25, 0.3) is 0 Å². The van der Waals surface area contributed by atoms with E-state index in [1.807, 2.05) is 48.5 Å². The number of rotatable bonds is 9. The van der Waals surface area contributed by atoms with Gasteiger partial charge in [-0.05, 0) is 35.6 Å². The van der Waals surface area contributed by atoms with Crippen LogP contribution in [0.2, 0.25) is 0 Å². The van der Waals surface area contributed by atoms with E-state index in [1.54, 1.807) is 11.8 Å². The fourth-order valence-electron chi connectivity index (χ4n) is 3.76. The fourth-order valence-corrected chi connectivity index (χ4v) is 4.72. The molecule has 0 bridgehead atoms. The van der Waals surface area contributed by atoms with Gasteiger partial charge in [0.05, 0.1) is 6.54 Å². The lowest BCUT2D eigenvalue weighted by molar-refractivity contribution is 0.0950. The van der Waals surface area contributed by atoms with Crippen LogP contribution >= 0.6 is 11.8 Å². The van der Waals surface area contributed by atoms with Crippen LogP contribution in [0.5, 0.6) is 0 Å². The lowest BCUT2D eigenvalue weighted by Crippen LogP contribution is -2.26. The normalized spacial score (nSPS) is 13.1. The Balaban J connectivity index is 1.38. The predicted octanol–water partition coefficient (Wildman–Crippen LogP) is 5.10. The van der Waals surface area contributed by atoms with E-state index in [-0.39, 0.29) is 5.91 Å². The molecule has 0 radical (unpaired) electrons. The second-order valence-corrected chi connectivity index (χ2v) is 9.27. The van der Waals surface area contributed by atoms with E-state index in [9.17, 15) is 4.79 Å². The zero-order valence-electron chi connectivity index (χ0n) is 18.4. The molecule has 4 aromatic rings. The molecule has 1 heterocycles. The molecule has 0 saturated heterocycles. The Kier molecular flexibility index (Phi) is 6.53. The molecule has 1 aliphatic rings. The summed E-state index contributed by atoms with van der Waals surface area (Å²) in [5.74, 6) is 1.61. The number of nitrogens with zero attached hydrogens (tertiary/aromatic N) is 3. The summed E-state index contributed by atoms with van der Waals surface area (Å²) in [5, 5.41) is 13.0. The van der Waals surface area contributed by atoms with Gasteiger partial charge in [0.2, 0.25) is 0 Å². The van der Waals surface area contributed by atoms with Crippen LogP contribution in [0.1, 0.15) is 45.7 Å². The van der Waals surface area contributed by atoms with Crippen molar-refractivity contribution in [3.05, 3.63) is 113 Å². The molecule has 0 unspecified atom stereocenters. The van der Waals surface area contributed by atoms with E-state index in [1.165, 1.54) is 11.1 Å². The Morgan fingerprint density at radius 3 is 2.27 bits per heavy atom. The molecule has 1 N–H and O–H groups in total. The van der Waals surface area contributed by atoms with Crippen molar-refractivity contribution in [2.45, 2.75) is 42.8 Å². The van der Waals surface area contributed by atoms with Crippen LogP contribution in [-0.2, 0) is 18.7 Å². The van der Waals surface area contributed by atoms with E-state index in [4.69, 9.17) is 0 Å². The van der Waals surface area contributed by atoms with Crippen molar-refractivity contribution in [2.24, 2.45) is 0 Å². The number of benzene rings is 3. The lowest BCUT2D eigenvalue weighted by Gasteiger charge is -2.12. The number of aromatic nitrogens is 3. The second kappa shape index (κ2) is 10.0. The summed E-state index contributed by atoms with van der Waals surface area (Å²) in [5.41, 5.74) is 4.17. The second-order valence-electron chi connectivity index (χ2n) is 8.33. The van der Waals surface area contributed by atoms with E-state index >= 15 is 0 Å². The first-order chi connectivity index (χ1) is 16.3. The van der Waals surface area contributed by atoms with Crippen molar-refractivity contribution in [2.75, 3.05) is 0 Å². The summed E-state index contributed by atoms with van der Waals surface area (Å²) in [6.45, 7) is 0.710. The Bertz CT molecular complexity index is 1220.